The topological polar surface area (TPSA) is 56.6 Å². The maximum absolute atomic E-state index is 12.8. The van der Waals surface area contributed by atoms with Crippen LogP contribution in [0.25, 0.3) is 15.9 Å². The molecule has 3 heterocycles. The van der Waals surface area contributed by atoms with Crippen molar-refractivity contribution in [1.29, 1.82) is 0 Å². The molecule has 0 atom stereocenters. The van der Waals surface area contributed by atoms with Crippen molar-refractivity contribution in [2.24, 2.45) is 0 Å². The highest BCUT2D eigenvalue weighted by atomic mass is 32.1. The van der Waals surface area contributed by atoms with E-state index in [1.807, 2.05) is 32.1 Å². The zero-order chi connectivity index (χ0) is 18.8. The average Bonchev–Trinajstić information content (AvgIpc) is 3.32. The van der Waals surface area contributed by atoms with Gasteiger partial charge in [0.1, 0.15) is 17.6 Å². The average molecular weight is 383 g/mol. The van der Waals surface area contributed by atoms with Crippen LogP contribution in [0, 0.1) is 0 Å². The van der Waals surface area contributed by atoms with Crippen molar-refractivity contribution < 1.29 is 9.47 Å². The molecule has 2 aromatic heterocycles. The smallest absolute Gasteiger partial charge is 0.275 e. The number of fused-ring (bicyclic) bond motifs is 1. The van der Waals surface area contributed by atoms with Gasteiger partial charge < -0.3 is 9.47 Å². The summed E-state index contributed by atoms with van der Waals surface area (Å²) < 4.78 is 14.7. The molecule has 1 aromatic carbocycles. The van der Waals surface area contributed by atoms with Crippen molar-refractivity contribution in [3.05, 3.63) is 40.9 Å². The molecule has 0 aliphatic carbocycles. The number of hydrogen-bond donors (Lipinski definition) is 0. The van der Waals surface area contributed by atoms with Crippen molar-refractivity contribution in [2.75, 3.05) is 33.4 Å². The summed E-state index contributed by atoms with van der Waals surface area (Å²) in [6.45, 7) is 3.85. The van der Waals surface area contributed by atoms with Gasteiger partial charge in [-0.2, -0.15) is 0 Å². The van der Waals surface area contributed by atoms with Gasteiger partial charge in [-0.1, -0.05) is 0 Å². The van der Waals surface area contributed by atoms with Crippen LogP contribution in [-0.2, 0) is 0 Å². The van der Waals surface area contributed by atoms with Crippen molar-refractivity contribution in [3.63, 3.8) is 0 Å². The van der Waals surface area contributed by atoms with Crippen LogP contribution in [0.1, 0.15) is 12.8 Å². The molecule has 0 amide bonds. The minimum Gasteiger partial charge on any atom is -0.493 e. The Balaban J connectivity index is 1.57. The summed E-state index contributed by atoms with van der Waals surface area (Å²) in [5.74, 6) is 1.30. The van der Waals surface area contributed by atoms with Crippen molar-refractivity contribution in [2.45, 2.75) is 12.8 Å². The molecule has 1 fully saturated rings. The Morgan fingerprint density at radius 2 is 2.04 bits per heavy atom. The normalized spacial score (nSPS) is 14.7. The maximum atomic E-state index is 12.8. The molecule has 1 aliphatic heterocycles. The van der Waals surface area contributed by atoms with Crippen molar-refractivity contribution in [3.8, 4) is 17.2 Å². The Morgan fingerprint density at radius 1 is 1.22 bits per heavy atom. The zero-order valence-electron chi connectivity index (χ0n) is 15.6. The van der Waals surface area contributed by atoms with E-state index in [9.17, 15) is 4.79 Å². The number of methoxy groups -OCH3 is 1. The van der Waals surface area contributed by atoms with Crippen LogP contribution in [0.2, 0.25) is 0 Å². The first-order valence-electron chi connectivity index (χ1n) is 9.17. The van der Waals surface area contributed by atoms with E-state index in [2.05, 4.69) is 9.88 Å². The first kappa shape index (κ1) is 18.1. The largest absolute Gasteiger partial charge is 0.493 e. The summed E-state index contributed by atoms with van der Waals surface area (Å²) in [6.07, 6.45) is 4.11. The van der Waals surface area contributed by atoms with Gasteiger partial charge in [0.05, 0.1) is 18.3 Å². The molecule has 6 nitrogen and oxygen atoms in total. The van der Waals surface area contributed by atoms with Gasteiger partial charge in [-0.05, 0) is 48.9 Å². The molecule has 0 N–H and O–H groups in total. The highest BCUT2D eigenvalue weighted by Crippen LogP contribution is 2.29. The molecule has 3 aromatic rings. The van der Waals surface area contributed by atoms with Crippen LogP contribution in [0.3, 0.4) is 0 Å². The Kier molecular flexibility index (Phi) is 5.18. The van der Waals surface area contributed by atoms with E-state index >= 15 is 0 Å². The van der Waals surface area contributed by atoms with Crippen molar-refractivity contribution in [1.82, 2.24) is 14.5 Å². The van der Waals surface area contributed by atoms with E-state index in [1.54, 1.807) is 18.0 Å². The Hall–Kier alpha value is -2.32. The Morgan fingerprint density at radius 3 is 2.81 bits per heavy atom. The highest BCUT2D eigenvalue weighted by molar-refractivity contribution is 7.26. The molecule has 0 unspecified atom stereocenters. The SMILES string of the molecule is Bc1cc2ncn(-c3ccc(OCCN4CCCC4)c(OC)c3)c(=O)c2s1. The molecule has 4 rings (SSSR count). The standard InChI is InChI=1S/C19H22BN3O3S/c1-25-16-10-13(4-5-15(16)26-9-8-22-6-2-3-7-22)23-12-21-14-11-17(20)27-18(14)19(23)24/h4-5,10-12H,2-3,6-9,20H2,1H3. The molecule has 0 bridgehead atoms. The molecule has 1 aliphatic rings. The second kappa shape index (κ2) is 7.74. The predicted molar refractivity (Wildman–Crippen MR) is 111 cm³/mol. The van der Waals surface area contributed by atoms with E-state index in [4.69, 9.17) is 9.47 Å². The van der Waals surface area contributed by atoms with Gasteiger partial charge in [0.25, 0.3) is 5.56 Å². The molecule has 0 spiro atoms. The predicted octanol–water partition coefficient (Wildman–Crippen LogP) is 1.19. The molecule has 27 heavy (non-hydrogen) atoms. The highest BCUT2D eigenvalue weighted by Gasteiger charge is 2.14. The van der Waals surface area contributed by atoms with Crippen LogP contribution >= 0.6 is 11.3 Å². The number of aromatic nitrogens is 2. The first-order valence-corrected chi connectivity index (χ1v) is 9.99. The Bertz CT molecular complexity index is 1010. The minimum absolute atomic E-state index is 0.0668. The lowest BCUT2D eigenvalue weighted by molar-refractivity contribution is 0.230. The van der Waals surface area contributed by atoms with Gasteiger partial charge >= 0.3 is 0 Å². The summed E-state index contributed by atoms with van der Waals surface area (Å²) in [5.41, 5.74) is 1.39. The van der Waals surface area contributed by atoms with Gasteiger partial charge in [0.2, 0.25) is 0 Å². The minimum atomic E-state index is -0.0668. The molecule has 0 saturated carbocycles. The van der Waals surface area contributed by atoms with Crippen molar-refractivity contribution >= 4 is 34.2 Å². The van der Waals surface area contributed by atoms with E-state index in [-0.39, 0.29) is 5.56 Å². The second-order valence-corrected chi connectivity index (χ2v) is 7.98. The van der Waals surface area contributed by atoms with E-state index in [0.717, 1.165) is 29.9 Å². The van der Waals surface area contributed by atoms with Crippen LogP contribution in [0.15, 0.2) is 35.4 Å². The molecular formula is C19H22BN3O3S. The number of likely N-dealkylation sites (tertiary alicyclic amines) is 1. The second-order valence-electron chi connectivity index (χ2n) is 6.72. The van der Waals surface area contributed by atoms with Gasteiger partial charge in [0, 0.05) is 12.6 Å². The lowest BCUT2D eigenvalue weighted by atomic mass is 10.1. The number of hydrogen-bond acceptors (Lipinski definition) is 6. The molecule has 8 heteroatoms. The lowest BCUT2D eigenvalue weighted by Crippen LogP contribution is -2.25. The molecule has 0 radical (unpaired) electrons. The molecule has 140 valence electrons. The third-order valence-electron chi connectivity index (χ3n) is 4.85. The third-order valence-corrected chi connectivity index (χ3v) is 5.88. The number of thiophene rings is 1. The van der Waals surface area contributed by atoms with Crippen LogP contribution in [0.4, 0.5) is 0 Å². The fourth-order valence-corrected chi connectivity index (χ4v) is 4.33. The van der Waals surface area contributed by atoms with Gasteiger partial charge in [-0.15, -0.1) is 11.3 Å². The summed E-state index contributed by atoms with van der Waals surface area (Å²) in [4.78, 5) is 19.6. The zero-order valence-corrected chi connectivity index (χ0v) is 16.4. The summed E-state index contributed by atoms with van der Waals surface area (Å²) in [7, 11) is 3.59. The quantitative estimate of drug-likeness (QED) is 0.599. The fourth-order valence-electron chi connectivity index (χ4n) is 3.43. The van der Waals surface area contributed by atoms with Gasteiger partial charge in [-0.3, -0.25) is 14.3 Å². The third kappa shape index (κ3) is 3.72. The monoisotopic (exact) mass is 383 g/mol. The number of ether oxygens (including phenoxy) is 2. The van der Waals surface area contributed by atoms with Gasteiger partial charge in [-0.25, -0.2) is 4.98 Å². The summed E-state index contributed by atoms with van der Waals surface area (Å²) in [6, 6.07) is 7.47. The maximum Gasteiger partial charge on any atom is 0.275 e. The molecular weight excluding hydrogens is 361 g/mol. The first-order chi connectivity index (χ1) is 13.2. The Labute approximate surface area is 162 Å². The van der Waals surface area contributed by atoms with E-state index in [0.29, 0.717) is 28.5 Å². The number of benzene rings is 1. The lowest BCUT2D eigenvalue weighted by Gasteiger charge is -2.17. The fraction of sp³-hybridized carbons (Fsp3) is 0.368. The summed E-state index contributed by atoms with van der Waals surface area (Å²) in [5, 5.41) is 0. The summed E-state index contributed by atoms with van der Waals surface area (Å²) >= 11 is 1.47. The number of rotatable bonds is 6. The van der Waals surface area contributed by atoms with Crippen LogP contribution in [0.5, 0.6) is 11.5 Å². The van der Waals surface area contributed by atoms with Crippen LogP contribution in [-0.4, -0.2) is 55.6 Å². The number of nitrogens with zero attached hydrogens (tertiary/aromatic N) is 3. The van der Waals surface area contributed by atoms with E-state index in [1.165, 1.54) is 24.2 Å². The molecule has 1 saturated heterocycles. The van der Waals surface area contributed by atoms with E-state index < -0.39 is 0 Å². The van der Waals surface area contributed by atoms with Crippen LogP contribution < -0.4 is 19.8 Å². The van der Waals surface area contributed by atoms with Gasteiger partial charge in [0.15, 0.2) is 19.3 Å².